The van der Waals surface area contributed by atoms with Gasteiger partial charge in [-0.25, -0.2) is 4.39 Å². The van der Waals surface area contributed by atoms with Gasteiger partial charge >= 0.3 is 0 Å². The largest absolute Gasteiger partial charge is 0.377 e. The van der Waals surface area contributed by atoms with Crippen molar-refractivity contribution in [3.8, 4) is 0 Å². The van der Waals surface area contributed by atoms with Gasteiger partial charge in [0.1, 0.15) is 5.82 Å². The zero-order valence-electron chi connectivity index (χ0n) is 14.6. The number of ether oxygens (including phenoxy) is 2. The minimum Gasteiger partial charge on any atom is -0.377 e. The quantitative estimate of drug-likeness (QED) is 0.783. The molecule has 2 saturated heterocycles. The Bertz CT molecular complexity index is 539. The Morgan fingerprint density at radius 3 is 2.40 bits per heavy atom. The molecule has 5 nitrogen and oxygen atoms in total. The summed E-state index contributed by atoms with van der Waals surface area (Å²) in [6.45, 7) is 4.00. The number of benzene rings is 1. The average molecular weight is 350 g/mol. The van der Waals surface area contributed by atoms with E-state index in [1.807, 2.05) is 0 Å². The fraction of sp³-hybridized carbons (Fsp3) is 0.632. The van der Waals surface area contributed by atoms with E-state index in [0.717, 1.165) is 52.0 Å². The smallest absolute Gasteiger partial charge is 0.225 e. The van der Waals surface area contributed by atoms with Gasteiger partial charge in [0.15, 0.2) is 0 Å². The van der Waals surface area contributed by atoms with E-state index in [1.54, 1.807) is 12.1 Å². The third-order valence-corrected chi connectivity index (χ3v) is 4.74. The molecule has 0 saturated carbocycles. The van der Waals surface area contributed by atoms with Gasteiger partial charge in [-0.2, -0.15) is 0 Å². The Morgan fingerprint density at radius 1 is 1.16 bits per heavy atom. The van der Waals surface area contributed by atoms with Crippen LogP contribution in [-0.4, -0.2) is 55.9 Å². The molecule has 6 heteroatoms. The monoisotopic (exact) mass is 350 g/mol. The van der Waals surface area contributed by atoms with Gasteiger partial charge in [0.2, 0.25) is 5.91 Å². The topological polar surface area (TPSA) is 50.8 Å². The second kappa shape index (κ2) is 9.27. The lowest BCUT2D eigenvalue weighted by atomic mass is 10.2. The first-order valence-corrected chi connectivity index (χ1v) is 9.20. The molecule has 0 aliphatic carbocycles. The van der Waals surface area contributed by atoms with Gasteiger partial charge in [-0.1, -0.05) is 6.07 Å². The molecule has 0 aromatic heterocycles. The highest BCUT2D eigenvalue weighted by Crippen LogP contribution is 2.17. The molecule has 0 bridgehead atoms. The lowest BCUT2D eigenvalue weighted by molar-refractivity contribution is -0.116. The molecule has 3 rings (SSSR count). The number of nitrogens with zero attached hydrogens (tertiary/aromatic N) is 1. The van der Waals surface area contributed by atoms with Crippen LogP contribution >= 0.6 is 0 Å². The van der Waals surface area contributed by atoms with Crippen LogP contribution in [0.3, 0.4) is 0 Å². The number of anilines is 1. The van der Waals surface area contributed by atoms with Crippen LogP contribution in [-0.2, 0) is 14.3 Å². The molecule has 0 radical (unpaired) electrons. The molecule has 2 atom stereocenters. The van der Waals surface area contributed by atoms with Crippen LogP contribution in [0.2, 0.25) is 0 Å². The molecule has 1 aromatic carbocycles. The third-order valence-electron chi connectivity index (χ3n) is 4.74. The van der Waals surface area contributed by atoms with Crippen LogP contribution in [0.25, 0.3) is 0 Å². The van der Waals surface area contributed by atoms with Crippen molar-refractivity contribution in [1.82, 2.24) is 4.90 Å². The normalized spacial score (nSPS) is 23.3. The van der Waals surface area contributed by atoms with Crippen LogP contribution in [0.4, 0.5) is 10.1 Å². The summed E-state index contributed by atoms with van der Waals surface area (Å²) in [5, 5.41) is 2.76. The van der Waals surface area contributed by atoms with E-state index in [9.17, 15) is 9.18 Å². The van der Waals surface area contributed by atoms with E-state index in [2.05, 4.69) is 10.2 Å². The summed E-state index contributed by atoms with van der Waals surface area (Å²) < 4.78 is 24.7. The van der Waals surface area contributed by atoms with E-state index in [-0.39, 0.29) is 23.9 Å². The Hall–Kier alpha value is -1.50. The van der Waals surface area contributed by atoms with Gasteiger partial charge in [-0.05, 0) is 43.9 Å². The van der Waals surface area contributed by atoms with Crippen LogP contribution in [0.5, 0.6) is 0 Å². The Labute approximate surface area is 148 Å². The van der Waals surface area contributed by atoms with Gasteiger partial charge in [0.25, 0.3) is 0 Å². The van der Waals surface area contributed by atoms with E-state index in [0.29, 0.717) is 18.7 Å². The highest BCUT2D eigenvalue weighted by atomic mass is 19.1. The zero-order chi connectivity index (χ0) is 17.5. The van der Waals surface area contributed by atoms with Crippen molar-refractivity contribution < 1.29 is 18.7 Å². The summed E-state index contributed by atoms with van der Waals surface area (Å²) in [5.74, 6) is -0.452. The number of hydrogen-bond donors (Lipinski definition) is 1. The zero-order valence-corrected chi connectivity index (χ0v) is 14.6. The van der Waals surface area contributed by atoms with Gasteiger partial charge in [-0.15, -0.1) is 0 Å². The molecule has 2 fully saturated rings. The number of hydrogen-bond acceptors (Lipinski definition) is 4. The van der Waals surface area contributed by atoms with Crippen molar-refractivity contribution >= 4 is 11.6 Å². The maximum atomic E-state index is 13.2. The van der Waals surface area contributed by atoms with Crippen LogP contribution in [0.1, 0.15) is 32.1 Å². The predicted octanol–water partition coefficient (Wildman–Crippen LogP) is 2.81. The molecule has 2 heterocycles. The van der Waals surface area contributed by atoms with Crippen molar-refractivity contribution in [2.75, 3.05) is 38.2 Å². The maximum absolute atomic E-state index is 13.2. The van der Waals surface area contributed by atoms with Crippen molar-refractivity contribution in [3.05, 3.63) is 30.1 Å². The Kier molecular flexibility index (Phi) is 6.78. The van der Waals surface area contributed by atoms with Gasteiger partial charge in [-0.3, -0.25) is 9.69 Å². The second-order valence-electron chi connectivity index (χ2n) is 6.84. The van der Waals surface area contributed by atoms with Crippen LogP contribution in [0.15, 0.2) is 24.3 Å². The van der Waals surface area contributed by atoms with Crippen molar-refractivity contribution in [2.24, 2.45) is 0 Å². The molecule has 138 valence electrons. The number of rotatable bonds is 8. The third kappa shape index (κ3) is 6.06. The lowest BCUT2D eigenvalue weighted by Gasteiger charge is -2.27. The number of nitrogens with one attached hydrogen (secondary N) is 1. The predicted molar refractivity (Wildman–Crippen MR) is 94.0 cm³/mol. The van der Waals surface area contributed by atoms with E-state index >= 15 is 0 Å². The number of carbonyl (C=O) groups excluding carboxylic acids is 1. The minimum absolute atomic E-state index is 0.102. The van der Waals surface area contributed by atoms with Crippen molar-refractivity contribution in [3.63, 3.8) is 0 Å². The van der Waals surface area contributed by atoms with E-state index in [1.165, 1.54) is 12.1 Å². The summed E-state index contributed by atoms with van der Waals surface area (Å²) >= 11 is 0. The summed E-state index contributed by atoms with van der Waals surface area (Å²) in [4.78, 5) is 14.5. The first kappa shape index (κ1) is 18.3. The number of amides is 1. The molecule has 1 N–H and O–H groups in total. The fourth-order valence-electron chi connectivity index (χ4n) is 3.46. The molecule has 2 aliphatic heterocycles. The van der Waals surface area contributed by atoms with Crippen LogP contribution in [0, 0.1) is 5.82 Å². The molecule has 1 aromatic rings. The van der Waals surface area contributed by atoms with Gasteiger partial charge < -0.3 is 14.8 Å². The molecule has 0 spiro atoms. The Balaban J connectivity index is 1.48. The molecular formula is C19H27FN2O3. The average Bonchev–Trinajstić information content (AvgIpc) is 3.26. The van der Waals surface area contributed by atoms with Crippen LogP contribution < -0.4 is 5.32 Å². The fourth-order valence-corrected chi connectivity index (χ4v) is 3.46. The second-order valence-corrected chi connectivity index (χ2v) is 6.84. The van der Waals surface area contributed by atoms with Crippen molar-refractivity contribution in [2.45, 2.75) is 44.3 Å². The van der Waals surface area contributed by atoms with Gasteiger partial charge in [0, 0.05) is 45.0 Å². The number of halogens is 1. The highest BCUT2D eigenvalue weighted by molar-refractivity contribution is 5.90. The first-order chi connectivity index (χ1) is 12.2. The summed E-state index contributed by atoms with van der Waals surface area (Å²) in [5.41, 5.74) is 0.495. The van der Waals surface area contributed by atoms with Gasteiger partial charge in [0.05, 0.1) is 12.2 Å². The first-order valence-electron chi connectivity index (χ1n) is 9.20. The summed E-state index contributed by atoms with van der Waals surface area (Å²) in [6, 6.07) is 5.97. The number of carbonyl (C=O) groups is 1. The lowest BCUT2D eigenvalue weighted by Crippen LogP contribution is -2.39. The van der Waals surface area contributed by atoms with E-state index < -0.39 is 0 Å². The SMILES string of the molecule is O=C(CCN(C[C@H]1CCCO1)C[C@H]1CCCO1)Nc1cccc(F)c1. The summed E-state index contributed by atoms with van der Waals surface area (Å²) in [6.07, 6.45) is 5.27. The molecule has 1 amide bonds. The van der Waals surface area contributed by atoms with E-state index in [4.69, 9.17) is 9.47 Å². The van der Waals surface area contributed by atoms with Crippen molar-refractivity contribution in [1.29, 1.82) is 0 Å². The molecule has 0 unspecified atom stereocenters. The minimum atomic E-state index is -0.351. The Morgan fingerprint density at radius 2 is 1.84 bits per heavy atom. The molecule has 2 aliphatic rings. The molecule has 25 heavy (non-hydrogen) atoms. The summed E-state index contributed by atoms with van der Waals surface area (Å²) in [7, 11) is 0. The highest BCUT2D eigenvalue weighted by Gasteiger charge is 2.24. The standard InChI is InChI=1S/C19H27FN2O3/c20-15-4-1-5-16(12-15)21-19(23)8-9-22(13-17-6-2-10-24-17)14-18-7-3-11-25-18/h1,4-5,12,17-18H,2-3,6-11,13-14H2,(H,21,23)/t17-,18-/m1/s1. The maximum Gasteiger partial charge on any atom is 0.225 e. The molecular weight excluding hydrogens is 323 g/mol.